The number of allylic oxidation sites excluding steroid dienone is 3. The molecule has 0 bridgehead atoms. The zero-order chi connectivity index (χ0) is 23.2. The maximum atomic E-state index is 12.3. The lowest BCUT2D eigenvalue weighted by molar-refractivity contribution is -0.124. The Morgan fingerprint density at radius 2 is 1.87 bits per heavy atom. The minimum absolute atomic E-state index is 0.0245. The summed E-state index contributed by atoms with van der Waals surface area (Å²) in [5.41, 5.74) is 8.44. The van der Waals surface area contributed by atoms with Crippen LogP contribution in [0.15, 0.2) is 29.4 Å². The second-order valence-corrected chi connectivity index (χ2v) is 13.8. The number of azide groups is 1. The van der Waals surface area contributed by atoms with Gasteiger partial charge in [0.15, 0.2) is 14.1 Å². The van der Waals surface area contributed by atoms with Gasteiger partial charge in [-0.1, -0.05) is 50.5 Å². The number of rotatable bonds is 15. The van der Waals surface area contributed by atoms with Crippen molar-refractivity contribution in [2.24, 2.45) is 11.0 Å². The van der Waals surface area contributed by atoms with E-state index in [2.05, 4.69) is 43.9 Å². The highest BCUT2D eigenvalue weighted by atomic mass is 28.4. The smallest absolute Gasteiger partial charge is 0.192 e. The summed E-state index contributed by atoms with van der Waals surface area (Å²) in [5.74, 6) is -0.237. The van der Waals surface area contributed by atoms with E-state index in [1.54, 1.807) is 6.08 Å². The van der Waals surface area contributed by atoms with E-state index in [-0.39, 0.29) is 41.5 Å². The van der Waals surface area contributed by atoms with Gasteiger partial charge in [-0.25, -0.2) is 0 Å². The third-order valence-corrected chi connectivity index (χ3v) is 9.88. The van der Waals surface area contributed by atoms with Gasteiger partial charge in [0.1, 0.15) is 12.1 Å². The Balaban J connectivity index is 5.68. The first-order chi connectivity index (χ1) is 13.9. The molecule has 0 saturated heterocycles. The van der Waals surface area contributed by atoms with Crippen molar-refractivity contribution < 1.29 is 18.8 Å². The molecule has 0 aromatic heterocycles. The summed E-state index contributed by atoms with van der Waals surface area (Å²) in [5, 5.41) is 3.54. The zero-order valence-corrected chi connectivity index (χ0v) is 20.3. The average Bonchev–Trinajstić information content (AvgIpc) is 2.61. The molecule has 0 aliphatic rings. The molecule has 0 radical (unpaired) electrons. The molecule has 168 valence electrons. The highest BCUT2D eigenvalue weighted by Gasteiger charge is 2.40. The second kappa shape index (κ2) is 14.1. The lowest BCUT2D eigenvalue weighted by atomic mass is 9.91. The van der Waals surface area contributed by atoms with E-state index in [0.717, 1.165) is 19.3 Å². The van der Waals surface area contributed by atoms with Gasteiger partial charge >= 0.3 is 0 Å². The van der Waals surface area contributed by atoms with E-state index in [9.17, 15) is 14.4 Å². The first-order valence-corrected chi connectivity index (χ1v) is 13.3. The predicted octanol–water partition coefficient (Wildman–Crippen LogP) is 5.72. The highest BCUT2D eigenvalue weighted by Crippen LogP contribution is 2.39. The third kappa shape index (κ3) is 11.9. The lowest BCUT2D eigenvalue weighted by Crippen LogP contribution is -2.46. The maximum absolute atomic E-state index is 12.3. The van der Waals surface area contributed by atoms with Crippen LogP contribution in [0.4, 0.5) is 0 Å². The number of Topliss-reactive ketones (excluding diaryl/α,β-unsaturated/α-hetero) is 1. The third-order valence-electron chi connectivity index (χ3n) is 5.38. The fraction of sp³-hybridized carbons (Fsp3) is 0.682. The quantitative estimate of drug-likeness (QED) is 0.0377. The van der Waals surface area contributed by atoms with E-state index in [0.29, 0.717) is 12.8 Å². The Hall–Kier alpha value is -2.02. The Labute approximate surface area is 181 Å². The van der Waals surface area contributed by atoms with Gasteiger partial charge in [-0.2, -0.15) is 0 Å². The Morgan fingerprint density at radius 1 is 1.20 bits per heavy atom. The van der Waals surface area contributed by atoms with Crippen LogP contribution in [0.3, 0.4) is 0 Å². The summed E-state index contributed by atoms with van der Waals surface area (Å²) in [4.78, 5) is 37.0. The van der Waals surface area contributed by atoms with Crippen molar-refractivity contribution in [3.05, 3.63) is 34.7 Å². The van der Waals surface area contributed by atoms with Crippen molar-refractivity contribution in [2.45, 2.75) is 84.0 Å². The van der Waals surface area contributed by atoms with E-state index in [1.807, 2.05) is 12.2 Å². The van der Waals surface area contributed by atoms with Crippen molar-refractivity contribution in [1.29, 1.82) is 0 Å². The zero-order valence-electron chi connectivity index (χ0n) is 19.3. The largest absolute Gasteiger partial charge is 0.413 e. The molecule has 0 N–H and O–H groups in total. The topological polar surface area (TPSA) is 109 Å². The molecule has 7 nitrogen and oxygen atoms in total. The van der Waals surface area contributed by atoms with Crippen LogP contribution in [0, 0.1) is 5.92 Å². The molecular formula is C22H37N3O4Si. The molecule has 2 atom stereocenters. The predicted molar refractivity (Wildman–Crippen MR) is 123 cm³/mol. The molecule has 0 aromatic rings. The van der Waals surface area contributed by atoms with Gasteiger partial charge in [-0.3, -0.25) is 9.59 Å². The van der Waals surface area contributed by atoms with Crippen LogP contribution in [0.25, 0.3) is 10.4 Å². The summed E-state index contributed by atoms with van der Waals surface area (Å²) < 4.78 is 6.62. The second-order valence-electron chi connectivity index (χ2n) is 9.00. The first-order valence-electron chi connectivity index (χ1n) is 10.4. The van der Waals surface area contributed by atoms with Crippen molar-refractivity contribution >= 4 is 26.2 Å². The average molecular weight is 436 g/mol. The number of carbonyl (C=O) groups excluding carboxylic acids is 3. The number of hydrogen-bond acceptors (Lipinski definition) is 5. The van der Waals surface area contributed by atoms with Crippen LogP contribution in [-0.2, 0) is 18.8 Å². The highest BCUT2D eigenvalue weighted by molar-refractivity contribution is 6.74. The minimum Gasteiger partial charge on any atom is -0.413 e. The lowest BCUT2D eigenvalue weighted by Gasteiger charge is -2.41. The van der Waals surface area contributed by atoms with E-state index in [4.69, 9.17) is 9.96 Å². The van der Waals surface area contributed by atoms with Crippen LogP contribution >= 0.6 is 0 Å². The molecule has 0 unspecified atom stereocenters. The minimum atomic E-state index is -2.16. The molecule has 0 fully saturated rings. The van der Waals surface area contributed by atoms with Crippen molar-refractivity contribution in [3.8, 4) is 0 Å². The number of ketones is 2. The standard InChI is InChI=1S/C22H37N3O4Si/c1-18(27)11-7-8-12-19(13-9-10-15-24-25-23)21(17-20(28)14-16-26)29-30(5,6)22(2,3)4/h7-8,11-12,16,19,21H,9-10,13-15,17H2,1-6H3/b11-7-,12-8+/t19-,21-/m0/s1. The summed E-state index contributed by atoms with van der Waals surface area (Å²) in [6.45, 7) is 12.6. The molecule has 0 rings (SSSR count). The number of unbranched alkanes of at least 4 members (excludes halogenated alkanes) is 1. The number of nitrogens with zero attached hydrogens (tertiary/aromatic N) is 3. The monoisotopic (exact) mass is 435 g/mol. The molecule has 0 spiro atoms. The summed E-state index contributed by atoms with van der Waals surface area (Å²) in [7, 11) is -2.16. The summed E-state index contributed by atoms with van der Waals surface area (Å²) >= 11 is 0. The van der Waals surface area contributed by atoms with E-state index in [1.165, 1.54) is 13.0 Å². The maximum Gasteiger partial charge on any atom is 0.192 e. The summed E-state index contributed by atoms with van der Waals surface area (Å²) in [6, 6.07) is 0. The van der Waals surface area contributed by atoms with Crippen molar-refractivity contribution in [3.63, 3.8) is 0 Å². The SMILES string of the molecule is CC(=O)/C=C\C=C\[C@@H](CCCCN=[N+]=[N-])[C@H](CC(=O)CC=O)O[Si](C)(C)C(C)(C)C. The molecule has 8 heteroatoms. The van der Waals surface area contributed by atoms with Crippen LogP contribution in [0.1, 0.15) is 59.8 Å². The van der Waals surface area contributed by atoms with Gasteiger partial charge in [0, 0.05) is 23.8 Å². The van der Waals surface area contributed by atoms with Gasteiger partial charge in [0.05, 0.1) is 12.5 Å². The van der Waals surface area contributed by atoms with Crippen LogP contribution < -0.4 is 0 Å². The fourth-order valence-corrected chi connectivity index (χ4v) is 4.02. The summed E-state index contributed by atoms with van der Waals surface area (Å²) in [6.07, 6.45) is 9.59. The van der Waals surface area contributed by atoms with Gasteiger partial charge in [0.25, 0.3) is 0 Å². The fourth-order valence-electron chi connectivity index (χ4n) is 2.65. The van der Waals surface area contributed by atoms with Gasteiger partial charge in [-0.05, 0) is 49.5 Å². The normalized spacial score (nSPS) is 14.5. The molecule has 30 heavy (non-hydrogen) atoms. The molecule has 0 aliphatic heterocycles. The molecule has 0 heterocycles. The number of carbonyl (C=O) groups is 3. The van der Waals surface area contributed by atoms with Crippen LogP contribution in [-0.4, -0.2) is 38.8 Å². The molecular weight excluding hydrogens is 398 g/mol. The van der Waals surface area contributed by atoms with Crippen molar-refractivity contribution in [2.75, 3.05) is 6.54 Å². The molecule has 0 saturated carbocycles. The van der Waals surface area contributed by atoms with Gasteiger partial charge < -0.3 is 9.22 Å². The van der Waals surface area contributed by atoms with Gasteiger partial charge in [0.2, 0.25) is 0 Å². The van der Waals surface area contributed by atoms with E-state index < -0.39 is 8.32 Å². The van der Waals surface area contributed by atoms with E-state index >= 15 is 0 Å². The van der Waals surface area contributed by atoms with Crippen LogP contribution in [0.2, 0.25) is 18.1 Å². The first kappa shape index (κ1) is 28.0. The number of hydrogen-bond donors (Lipinski definition) is 0. The van der Waals surface area contributed by atoms with Crippen molar-refractivity contribution in [1.82, 2.24) is 0 Å². The molecule has 0 aromatic carbocycles. The Kier molecular flexibility index (Phi) is 13.1. The van der Waals surface area contributed by atoms with Gasteiger partial charge in [-0.15, -0.1) is 0 Å². The number of aldehydes is 1. The molecule has 0 amide bonds. The molecule has 0 aliphatic carbocycles. The Bertz CT molecular complexity index is 674. The van der Waals surface area contributed by atoms with Crippen LogP contribution in [0.5, 0.6) is 0 Å². The Morgan fingerprint density at radius 3 is 2.40 bits per heavy atom.